The molecule has 3 fully saturated rings. The molecule has 3 rings (SSSR count). The van der Waals surface area contributed by atoms with Gasteiger partial charge in [0.2, 0.25) is 0 Å². The van der Waals surface area contributed by atoms with E-state index in [0.717, 1.165) is 44.9 Å². The summed E-state index contributed by atoms with van der Waals surface area (Å²) in [5.74, 6) is 0.948. The third kappa shape index (κ3) is 3.05. The number of rotatable bonds is 3. The summed E-state index contributed by atoms with van der Waals surface area (Å²) in [6, 6.07) is 0. The SMILES string of the molecule is C[C@]12CCC(O)CC1CCC1C2CC[C@](C)(O)C1CCC(=O)O. The highest BCUT2D eigenvalue weighted by Crippen LogP contribution is 2.62. The number of fused-ring (bicyclic) bond motifs is 3. The van der Waals surface area contributed by atoms with Crippen LogP contribution < -0.4 is 0 Å². The van der Waals surface area contributed by atoms with Gasteiger partial charge >= 0.3 is 5.97 Å². The first-order valence-electron chi connectivity index (χ1n) is 9.36. The van der Waals surface area contributed by atoms with Gasteiger partial charge in [-0.05, 0) is 87.4 Å². The van der Waals surface area contributed by atoms with Crippen LogP contribution in [0.3, 0.4) is 0 Å². The average Bonchev–Trinajstić information content (AvgIpc) is 2.46. The summed E-state index contributed by atoms with van der Waals surface area (Å²) in [6.07, 6.45) is 7.53. The molecule has 132 valence electrons. The number of aliphatic hydroxyl groups is 2. The molecule has 0 bridgehead atoms. The second kappa shape index (κ2) is 6.03. The molecule has 5 unspecified atom stereocenters. The van der Waals surface area contributed by atoms with Gasteiger partial charge in [-0.2, -0.15) is 0 Å². The Hall–Kier alpha value is -0.610. The van der Waals surface area contributed by atoms with Crippen LogP contribution in [0.2, 0.25) is 0 Å². The van der Waals surface area contributed by atoms with Gasteiger partial charge in [0.25, 0.3) is 0 Å². The fourth-order valence-corrected chi connectivity index (χ4v) is 6.34. The van der Waals surface area contributed by atoms with Crippen molar-refractivity contribution in [3.8, 4) is 0 Å². The largest absolute Gasteiger partial charge is 0.481 e. The molecule has 0 aliphatic heterocycles. The van der Waals surface area contributed by atoms with E-state index >= 15 is 0 Å². The van der Waals surface area contributed by atoms with E-state index in [9.17, 15) is 15.0 Å². The summed E-state index contributed by atoms with van der Waals surface area (Å²) in [7, 11) is 0. The van der Waals surface area contributed by atoms with Gasteiger partial charge in [0.15, 0.2) is 0 Å². The Balaban J connectivity index is 1.82. The standard InChI is InChI=1S/C19H32O4/c1-18-9-7-13(20)11-12(18)3-4-14-15(18)8-10-19(2,23)16(14)5-6-17(21)22/h12-16,20,23H,3-11H2,1-2H3,(H,21,22)/t12?,13?,14?,15?,16?,18-,19-/m0/s1. The van der Waals surface area contributed by atoms with Crippen LogP contribution in [-0.4, -0.2) is 33.0 Å². The number of carboxylic acids is 1. The highest BCUT2D eigenvalue weighted by atomic mass is 16.4. The van der Waals surface area contributed by atoms with Gasteiger partial charge in [0.1, 0.15) is 0 Å². The summed E-state index contributed by atoms with van der Waals surface area (Å²) < 4.78 is 0. The zero-order chi connectivity index (χ0) is 16.8. The number of carbonyl (C=O) groups is 1. The molecular weight excluding hydrogens is 292 g/mol. The Labute approximate surface area is 139 Å². The monoisotopic (exact) mass is 324 g/mol. The molecule has 0 aromatic carbocycles. The van der Waals surface area contributed by atoms with Crippen molar-refractivity contribution in [3.05, 3.63) is 0 Å². The van der Waals surface area contributed by atoms with Crippen LogP contribution in [0.4, 0.5) is 0 Å². The van der Waals surface area contributed by atoms with Gasteiger partial charge in [-0.1, -0.05) is 6.92 Å². The summed E-state index contributed by atoms with van der Waals surface area (Å²) >= 11 is 0. The average molecular weight is 324 g/mol. The molecule has 0 amide bonds. The smallest absolute Gasteiger partial charge is 0.303 e. The first kappa shape index (κ1) is 17.2. The number of aliphatic hydroxyl groups excluding tert-OH is 1. The molecule has 0 aromatic rings. The lowest BCUT2D eigenvalue weighted by molar-refractivity contribution is -0.159. The normalized spacial score (nSPS) is 50.0. The Morgan fingerprint density at radius 1 is 1.13 bits per heavy atom. The van der Waals surface area contributed by atoms with Crippen molar-refractivity contribution in [2.45, 2.75) is 83.3 Å². The molecule has 4 nitrogen and oxygen atoms in total. The van der Waals surface area contributed by atoms with Crippen molar-refractivity contribution in [3.63, 3.8) is 0 Å². The molecule has 0 heterocycles. The lowest BCUT2D eigenvalue weighted by Crippen LogP contribution is -2.56. The van der Waals surface area contributed by atoms with E-state index in [1.54, 1.807) is 0 Å². The summed E-state index contributed by atoms with van der Waals surface area (Å²) in [6.45, 7) is 4.31. The van der Waals surface area contributed by atoms with E-state index in [-0.39, 0.29) is 23.9 Å². The quantitative estimate of drug-likeness (QED) is 0.745. The molecule has 3 saturated carbocycles. The molecule has 3 aliphatic carbocycles. The minimum absolute atomic E-state index is 0.0991. The summed E-state index contributed by atoms with van der Waals surface area (Å²) in [5, 5.41) is 30.0. The van der Waals surface area contributed by atoms with Crippen LogP contribution in [-0.2, 0) is 4.79 Å². The maximum atomic E-state index is 11.0. The second-order valence-electron chi connectivity index (χ2n) is 8.91. The predicted molar refractivity (Wildman–Crippen MR) is 87.9 cm³/mol. The van der Waals surface area contributed by atoms with E-state index in [1.165, 1.54) is 0 Å². The lowest BCUT2D eigenvalue weighted by Gasteiger charge is -2.60. The fourth-order valence-electron chi connectivity index (χ4n) is 6.34. The zero-order valence-corrected chi connectivity index (χ0v) is 14.5. The van der Waals surface area contributed by atoms with Crippen molar-refractivity contribution in [1.82, 2.24) is 0 Å². The van der Waals surface area contributed by atoms with Gasteiger partial charge in [-0.15, -0.1) is 0 Å². The molecule has 4 heteroatoms. The van der Waals surface area contributed by atoms with E-state index < -0.39 is 11.6 Å². The van der Waals surface area contributed by atoms with Crippen LogP contribution in [0.15, 0.2) is 0 Å². The number of carboxylic acid groups (broad SMARTS) is 1. The number of aliphatic carboxylic acids is 1. The van der Waals surface area contributed by atoms with Crippen LogP contribution in [0.5, 0.6) is 0 Å². The Morgan fingerprint density at radius 3 is 2.57 bits per heavy atom. The first-order chi connectivity index (χ1) is 10.7. The highest BCUT2D eigenvalue weighted by Gasteiger charge is 2.56. The summed E-state index contributed by atoms with van der Waals surface area (Å²) in [5.41, 5.74) is -0.464. The Morgan fingerprint density at radius 2 is 1.87 bits per heavy atom. The predicted octanol–water partition coefficient (Wildman–Crippen LogP) is 3.21. The number of hydrogen-bond acceptors (Lipinski definition) is 3. The molecule has 0 radical (unpaired) electrons. The molecule has 0 spiro atoms. The van der Waals surface area contributed by atoms with Crippen LogP contribution in [0, 0.1) is 29.1 Å². The second-order valence-corrected chi connectivity index (χ2v) is 8.91. The van der Waals surface area contributed by atoms with Gasteiger partial charge in [-0.25, -0.2) is 0 Å². The lowest BCUT2D eigenvalue weighted by atomic mass is 9.46. The van der Waals surface area contributed by atoms with Crippen molar-refractivity contribution in [1.29, 1.82) is 0 Å². The van der Waals surface area contributed by atoms with E-state index in [2.05, 4.69) is 6.92 Å². The third-order valence-electron chi connectivity index (χ3n) is 7.66. The maximum absolute atomic E-state index is 11.0. The topological polar surface area (TPSA) is 77.8 Å². The molecule has 7 atom stereocenters. The molecular formula is C19H32O4. The molecule has 0 saturated heterocycles. The van der Waals surface area contributed by atoms with Crippen molar-refractivity contribution in [2.75, 3.05) is 0 Å². The minimum Gasteiger partial charge on any atom is -0.481 e. The van der Waals surface area contributed by atoms with Gasteiger partial charge in [-0.3, -0.25) is 4.79 Å². The Kier molecular flexibility index (Phi) is 4.52. The van der Waals surface area contributed by atoms with Crippen molar-refractivity contribution in [2.24, 2.45) is 29.1 Å². The molecule has 23 heavy (non-hydrogen) atoms. The van der Waals surface area contributed by atoms with Crippen molar-refractivity contribution >= 4 is 5.97 Å². The van der Waals surface area contributed by atoms with Gasteiger partial charge < -0.3 is 15.3 Å². The molecule has 3 N–H and O–H groups in total. The van der Waals surface area contributed by atoms with Gasteiger partial charge in [0, 0.05) is 6.42 Å². The van der Waals surface area contributed by atoms with Gasteiger partial charge in [0.05, 0.1) is 11.7 Å². The summed E-state index contributed by atoms with van der Waals surface area (Å²) in [4.78, 5) is 11.0. The highest BCUT2D eigenvalue weighted by molar-refractivity contribution is 5.66. The van der Waals surface area contributed by atoms with Crippen molar-refractivity contribution < 1.29 is 20.1 Å². The Bertz CT molecular complexity index is 460. The molecule has 3 aliphatic rings. The number of hydrogen-bond donors (Lipinski definition) is 3. The first-order valence-corrected chi connectivity index (χ1v) is 9.36. The van der Waals surface area contributed by atoms with E-state index in [0.29, 0.717) is 24.2 Å². The third-order valence-corrected chi connectivity index (χ3v) is 7.66. The van der Waals surface area contributed by atoms with Crippen LogP contribution in [0.25, 0.3) is 0 Å². The molecule has 0 aromatic heterocycles. The zero-order valence-electron chi connectivity index (χ0n) is 14.5. The van der Waals surface area contributed by atoms with E-state index in [1.807, 2.05) is 6.92 Å². The van der Waals surface area contributed by atoms with Crippen LogP contribution >= 0.6 is 0 Å². The van der Waals surface area contributed by atoms with E-state index in [4.69, 9.17) is 5.11 Å². The maximum Gasteiger partial charge on any atom is 0.303 e. The minimum atomic E-state index is -0.761. The van der Waals surface area contributed by atoms with Crippen LogP contribution in [0.1, 0.15) is 71.6 Å². The fraction of sp³-hybridized carbons (Fsp3) is 0.947.